The molecule has 0 aliphatic carbocycles. The Labute approximate surface area is 101 Å². The van der Waals surface area contributed by atoms with Crippen molar-refractivity contribution in [3.05, 3.63) is 29.8 Å². The summed E-state index contributed by atoms with van der Waals surface area (Å²) < 4.78 is 5.27. The highest BCUT2D eigenvalue weighted by Gasteiger charge is 2.21. The fourth-order valence-electron chi connectivity index (χ4n) is 1.93. The first kappa shape index (κ1) is 11.9. The van der Waals surface area contributed by atoms with Gasteiger partial charge < -0.3 is 15.2 Å². The molecule has 0 spiro atoms. The van der Waals surface area contributed by atoms with Crippen molar-refractivity contribution in [1.29, 1.82) is 0 Å². The van der Waals surface area contributed by atoms with E-state index in [9.17, 15) is 9.90 Å². The van der Waals surface area contributed by atoms with E-state index in [1.165, 1.54) is 0 Å². The van der Waals surface area contributed by atoms with Gasteiger partial charge in [0.1, 0.15) is 5.75 Å². The van der Waals surface area contributed by atoms with Gasteiger partial charge in [-0.2, -0.15) is 0 Å². The summed E-state index contributed by atoms with van der Waals surface area (Å²) in [7, 11) is 0. The second kappa shape index (κ2) is 5.68. The Morgan fingerprint density at radius 3 is 3.00 bits per heavy atom. The lowest BCUT2D eigenvalue weighted by Crippen LogP contribution is -2.35. The van der Waals surface area contributed by atoms with Crippen LogP contribution in [0.4, 0.5) is 0 Å². The van der Waals surface area contributed by atoms with Crippen LogP contribution in [0, 0.1) is 5.92 Å². The van der Waals surface area contributed by atoms with Crippen LogP contribution in [-0.2, 0) is 16.1 Å². The molecule has 0 radical (unpaired) electrons. The number of rotatable bonds is 3. The van der Waals surface area contributed by atoms with Crippen LogP contribution in [0.5, 0.6) is 5.75 Å². The van der Waals surface area contributed by atoms with E-state index in [1.807, 2.05) is 6.07 Å². The van der Waals surface area contributed by atoms with Gasteiger partial charge in [0, 0.05) is 18.7 Å². The fraction of sp³-hybridized carbons (Fsp3) is 0.462. The molecule has 0 bridgehead atoms. The van der Waals surface area contributed by atoms with Gasteiger partial charge >= 0.3 is 0 Å². The molecule has 1 atom stereocenters. The molecule has 0 saturated carbocycles. The summed E-state index contributed by atoms with van der Waals surface area (Å²) in [5.74, 6) is 0.176. The highest BCUT2D eigenvalue weighted by molar-refractivity contribution is 5.78. The molecule has 92 valence electrons. The predicted octanol–water partition coefficient (Wildman–Crippen LogP) is 1.43. The van der Waals surface area contributed by atoms with Gasteiger partial charge in [-0.3, -0.25) is 4.79 Å². The van der Waals surface area contributed by atoms with Crippen LogP contribution in [0.3, 0.4) is 0 Å². The number of phenols is 1. The maximum atomic E-state index is 11.8. The highest BCUT2D eigenvalue weighted by atomic mass is 16.5. The van der Waals surface area contributed by atoms with Gasteiger partial charge in [-0.25, -0.2) is 0 Å². The number of ether oxygens (including phenoxy) is 1. The standard InChI is InChI=1S/C13H17NO3/c15-12-6-2-1-4-10(12)8-14-13(16)11-5-3-7-17-9-11/h1-2,4,6,11,15H,3,5,7-9H2,(H,14,16). The van der Waals surface area contributed by atoms with Crippen LogP contribution in [-0.4, -0.2) is 24.2 Å². The number of phenolic OH excluding ortho intramolecular Hbond substituents is 1. The average molecular weight is 235 g/mol. The summed E-state index contributed by atoms with van der Waals surface area (Å²) in [6.07, 6.45) is 1.82. The van der Waals surface area contributed by atoms with E-state index in [-0.39, 0.29) is 17.6 Å². The smallest absolute Gasteiger partial charge is 0.225 e. The van der Waals surface area contributed by atoms with Crippen LogP contribution in [0.1, 0.15) is 18.4 Å². The monoisotopic (exact) mass is 235 g/mol. The van der Waals surface area contributed by atoms with Crippen molar-refractivity contribution in [1.82, 2.24) is 5.32 Å². The Hall–Kier alpha value is -1.55. The Morgan fingerprint density at radius 1 is 1.47 bits per heavy atom. The van der Waals surface area contributed by atoms with Crippen molar-refractivity contribution in [3.8, 4) is 5.75 Å². The van der Waals surface area contributed by atoms with E-state index in [0.29, 0.717) is 13.2 Å². The summed E-state index contributed by atoms with van der Waals surface area (Å²) in [5, 5.41) is 12.4. The van der Waals surface area contributed by atoms with Crippen LogP contribution < -0.4 is 5.32 Å². The van der Waals surface area contributed by atoms with Crippen molar-refractivity contribution < 1.29 is 14.6 Å². The van der Waals surface area contributed by atoms with Crippen molar-refractivity contribution in [3.63, 3.8) is 0 Å². The van der Waals surface area contributed by atoms with E-state index in [1.54, 1.807) is 18.2 Å². The lowest BCUT2D eigenvalue weighted by molar-refractivity contribution is -0.129. The molecule has 17 heavy (non-hydrogen) atoms. The maximum absolute atomic E-state index is 11.8. The van der Waals surface area contributed by atoms with E-state index in [0.717, 1.165) is 25.0 Å². The maximum Gasteiger partial charge on any atom is 0.225 e. The average Bonchev–Trinajstić information content (AvgIpc) is 2.38. The van der Waals surface area contributed by atoms with Crippen molar-refractivity contribution in [2.24, 2.45) is 5.92 Å². The molecule has 1 amide bonds. The van der Waals surface area contributed by atoms with E-state index in [4.69, 9.17) is 4.74 Å². The Morgan fingerprint density at radius 2 is 2.29 bits per heavy atom. The van der Waals surface area contributed by atoms with Gasteiger partial charge in [0.2, 0.25) is 5.91 Å². The molecule has 1 saturated heterocycles. The highest BCUT2D eigenvalue weighted by Crippen LogP contribution is 2.16. The molecule has 2 N–H and O–H groups in total. The third-order valence-electron chi connectivity index (χ3n) is 2.98. The Balaban J connectivity index is 1.85. The van der Waals surface area contributed by atoms with Crippen LogP contribution in [0.15, 0.2) is 24.3 Å². The van der Waals surface area contributed by atoms with Crippen molar-refractivity contribution in [2.45, 2.75) is 19.4 Å². The summed E-state index contributed by atoms with van der Waals surface area (Å²) >= 11 is 0. The molecule has 1 aromatic rings. The molecule has 1 aliphatic heterocycles. The molecule has 2 rings (SSSR count). The third-order valence-corrected chi connectivity index (χ3v) is 2.98. The lowest BCUT2D eigenvalue weighted by Gasteiger charge is -2.21. The second-order valence-corrected chi connectivity index (χ2v) is 4.26. The second-order valence-electron chi connectivity index (χ2n) is 4.26. The van der Waals surface area contributed by atoms with E-state index in [2.05, 4.69) is 5.32 Å². The predicted molar refractivity (Wildman–Crippen MR) is 63.5 cm³/mol. The minimum Gasteiger partial charge on any atom is -0.508 e. The summed E-state index contributed by atoms with van der Waals surface area (Å²) in [6.45, 7) is 1.62. The molecular weight excluding hydrogens is 218 g/mol. The molecule has 0 aromatic heterocycles. The number of benzene rings is 1. The van der Waals surface area contributed by atoms with Gasteiger partial charge in [-0.05, 0) is 18.9 Å². The van der Waals surface area contributed by atoms with E-state index >= 15 is 0 Å². The molecular formula is C13H17NO3. The molecule has 4 heteroatoms. The quantitative estimate of drug-likeness (QED) is 0.833. The van der Waals surface area contributed by atoms with Gasteiger partial charge in [-0.15, -0.1) is 0 Å². The largest absolute Gasteiger partial charge is 0.508 e. The zero-order valence-electron chi connectivity index (χ0n) is 9.69. The molecule has 1 aliphatic rings. The number of hydrogen-bond acceptors (Lipinski definition) is 3. The zero-order valence-corrected chi connectivity index (χ0v) is 9.69. The lowest BCUT2D eigenvalue weighted by atomic mass is 10.0. The third kappa shape index (κ3) is 3.20. The fourth-order valence-corrected chi connectivity index (χ4v) is 1.93. The van der Waals surface area contributed by atoms with Crippen molar-refractivity contribution >= 4 is 5.91 Å². The Bertz CT molecular complexity index is 386. The molecule has 1 fully saturated rings. The number of carbonyl (C=O) groups is 1. The number of carbonyl (C=O) groups excluding carboxylic acids is 1. The van der Waals surface area contributed by atoms with Gasteiger partial charge in [0.25, 0.3) is 0 Å². The van der Waals surface area contributed by atoms with Crippen LogP contribution in [0.25, 0.3) is 0 Å². The van der Waals surface area contributed by atoms with Gasteiger partial charge in [-0.1, -0.05) is 18.2 Å². The number of amides is 1. The van der Waals surface area contributed by atoms with Gasteiger partial charge in [0.05, 0.1) is 12.5 Å². The minimum atomic E-state index is -0.0467. The number of hydrogen-bond donors (Lipinski definition) is 2. The molecule has 4 nitrogen and oxygen atoms in total. The van der Waals surface area contributed by atoms with Gasteiger partial charge in [0.15, 0.2) is 0 Å². The summed E-state index contributed by atoms with van der Waals surface area (Å²) in [5.41, 5.74) is 0.734. The first-order chi connectivity index (χ1) is 8.27. The minimum absolute atomic E-state index is 0.00736. The van der Waals surface area contributed by atoms with Crippen molar-refractivity contribution in [2.75, 3.05) is 13.2 Å². The van der Waals surface area contributed by atoms with Crippen LogP contribution >= 0.6 is 0 Å². The molecule has 1 heterocycles. The number of para-hydroxylation sites is 1. The molecule has 1 unspecified atom stereocenters. The first-order valence-electron chi connectivity index (χ1n) is 5.89. The van der Waals surface area contributed by atoms with E-state index < -0.39 is 0 Å². The van der Waals surface area contributed by atoms with Crippen LogP contribution in [0.2, 0.25) is 0 Å². The summed E-state index contributed by atoms with van der Waals surface area (Å²) in [6, 6.07) is 7.01. The Kier molecular flexibility index (Phi) is 3.98. The number of aromatic hydroxyl groups is 1. The number of nitrogens with one attached hydrogen (secondary N) is 1. The normalized spacial score (nSPS) is 19.9. The topological polar surface area (TPSA) is 58.6 Å². The molecule has 1 aromatic carbocycles. The zero-order chi connectivity index (χ0) is 12.1. The first-order valence-corrected chi connectivity index (χ1v) is 5.89. The summed E-state index contributed by atoms with van der Waals surface area (Å²) in [4.78, 5) is 11.8. The SMILES string of the molecule is O=C(NCc1ccccc1O)C1CCCOC1.